The van der Waals surface area contributed by atoms with Crippen LogP contribution in [0.4, 0.5) is 5.69 Å². The van der Waals surface area contributed by atoms with E-state index in [1.54, 1.807) is 5.56 Å². The predicted octanol–water partition coefficient (Wildman–Crippen LogP) is 9.37. The van der Waals surface area contributed by atoms with Crippen molar-refractivity contribution in [2.24, 2.45) is 5.92 Å². The highest BCUT2D eigenvalue weighted by Crippen LogP contribution is 2.38. The van der Waals surface area contributed by atoms with Gasteiger partial charge in [-0.15, -0.1) is 0 Å². The van der Waals surface area contributed by atoms with Crippen molar-refractivity contribution in [1.82, 2.24) is 0 Å². The van der Waals surface area contributed by atoms with Crippen LogP contribution in [0.5, 0.6) is 0 Å². The first-order valence-electron chi connectivity index (χ1n) is 13.2. The molecule has 170 valence electrons. The average molecular weight is 420 g/mol. The van der Waals surface area contributed by atoms with Crippen LogP contribution < -0.4 is 5.32 Å². The van der Waals surface area contributed by atoms with Crippen LogP contribution in [0.15, 0.2) is 42.5 Å². The summed E-state index contributed by atoms with van der Waals surface area (Å²) in [6, 6.07) is 16.3. The largest absolute Gasteiger partial charge is 0.388 e. The van der Waals surface area contributed by atoms with Crippen LogP contribution in [0.25, 0.3) is 11.1 Å². The zero-order valence-electron chi connectivity index (χ0n) is 20.4. The molecule has 0 atom stereocenters. The highest BCUT2D eigenvalue weighted by molar-refractivity contribution is 5.70. The van der Waals surface area contributed by atoms with Crippen LogP contribution in [-0.4, -0.2) is 7.05 Å². The lowest BCUT2D eigenvalue weighted by molar-refractivity contribution is 0.302. The summed E-state index contributed by atoms with van der Waals surface area (Å²) >= 11 is 0. The molecule has 0 saturated heterocycles. The summed E-state index contributed by atoms with van der Waals surface area (Å²) in [5.74, 6) is 1.76. The van der Waals surface area contributed by atoms with Crippen LogP contribution in [0.1, 0.15) is 108 Å². The van der Waals surface area contributed by atoms with Gasteiger partial charge in [0.15, 0.2) is 0 Å². The fraction of sp³-hybridized carbons (Fsp3) is 0.600. The number of unbranched alkanes of at least 4 members (excludes halogenated alkanes) is 6. The molecule has 0 heterocycles. The Morgan fingerprint density at radius 2 is 1.45 bits per heavy atom. The maximum Gasteiger partial charge on any atom is 0.0340 e. The fourth-order valence-corrected chi connectivity index (χ4v) is 5.43. The molecule has 1 aliphatic carbocycles. The number of benzene rings is 2. The molecule has 2 aromatic carbocycles. The molecule has 1 nitrogen and oxygen atoms in total. The molecule has 1 heteroatoms. The normalized spacial score (nSPS) is 18.8. The van der Waals surface area contributed by atoms with Crippen LogP contribution in [-0.2, 0) is 6.42 Å². The molecule has 0 aromatic heterocycles. The maximum atomic E-state index is 3.26. The van der Waals surface area contributed by atoms with Crippen LogP contribution in [0, 0.1) is 5.92 Å². The summed E-state index contributed by atoms with van der Waals surface area (Å²) in [4.78, 5) is 0. The van der Waals surface area contributed by atoms with Gasteiger partial charge in [-0.1, -0.05) is 95.5 Å². The van der Waals surface area contributed by atoms with E-state index in [4.69, 9.17) is 0 Å². The van der Waals surface area contributed by atoms with Gasteiger partial charge in [0, 0.05) is 12.7 Å². The molecular formula is C30H45N. The summed E-state index contributed by atoms with van der Waals surface area (Å²) in [5.41, 5.74) is 6.92. The fourth-order valence-electron chi connectivity index (χ4n) is 5.43. The smallest absolute Gasteiger partial charge is 0.0340 e. The van der Waals surface area contributed by atoms with Gasteiger partial charge in [0.1, 0.15) is 0 Å². The molecule has 0 aliphatic heterocycles. The van der Waals surface area contributed by atoms with Crippen LogP contribution in [0.3, 0.4) is 0 Å². The monoisotopic (exact) mass is 419 g/mol. The minimum atomic E-state index is 0.775. The Bertz CT molecular complexity index is 752. The van der Waals surface area contributed by atoms with E-state index in [0.29, 0.717) is 0 Å². The minimum absolute atomic E-state index is 0.775. The summed E-state index contributed by atoms with van der Waals surface area (Å²) in [5, 5.41) is 3.26. The molecule has 0 amide bonds. The van der Waals surface area contributed by atoms with Gasteiger partial charge in [-0.3, -0.25) is 0 Å². The SMILES string of the molecule is CCCCCCCCCC1CCC(c2ccc(-c3ccc(NC)cc3CC)cc2)CC1. The zero-order valence-corrected chi connectivity index (χ0v) is 20.4. The molecule has 1 aliphatic rings. The van der Waals surface area contributed by atoms with E-state index >= 15 is 0 Å². The first kappa shape index (κ1) is 23.9. The highest BCUT2D eigenvalue weighted by atomic mass is 14.8. The van der Waals surface area contributed by atoms with Crippen molar-refractivity contribution >= 4 is 5.69 Å². The van der Waals surface area contributed by atoms with Gasteiger partial charge in [0.25, 0.3) is 0 Å². The first-order valence-corrected chi connectivity index (χ1v) is 13.2. The minimum Gasteiger partial charge on any atom is -0.388 e. The number of hydrogen-bond acceptors (Lipinski definition) is 1. The second-order valence-corrected chi connectivity index (χ2v) is 9.73. The molecular weight excluding hydrogens is 374 g/mol. The van der Waals surface area contributed by atoms with Gasteiger partial charge in [0.05, 0.1) is 0 Å². The van der Waals surface area contributed by atoms with Crippen molar-refractivity contribution in [2.45, 2.75) is 103 Å². The van der Waals surface area contributed by atoms with Gasteiger partial charge in [-0.05, 0) is 78.3 Å². The Balaban J connectivity index is 1.45. The Labute approximate surface area is 192 Å². The van der Waals surface area contributed by atoms with Crippen molar-refractivity contribution in [1.29, 1.82) is 0 Å². The predicted molar refractivity (Wildman–Crippen MR) is 138 cm³/mol. The molecule has 1 N–H and O–H groups in total. The molecule has 31 heavy (non-hydrogen) atoms. The van der Waals surface area contributed by atoms with Crippen LogP contribution >= 0.6 is 0 Å². The molecule has 2 aromatic rings. The average Bonchev–Trinajstić information content (AvgIpc) is 2.83. The van der Waals surface area contributed by atoms with Crippen LogP contribution in [0.2, 0.25) is 0 Å². The second kappa shape index (κ2) is 12.9. The number of nitrogens with one attached hydrogen (secondary N) is 1. The summed E-state index contributed by atoms with van der Waals surface area (Å²) < 4.78 is 0. The third kappa shape index (κ3) is 7.13. The molecule has 0 bridgehead atoms. The van der Waals surface area contributed by atoms with E-state index < -0.39 is 0 Å². The quantitative estimate of drug-likeness (QED) is 0.338. The van der Waals surface area contributed by atoms with Crippen molar-refractivity contribution < 1.29 is 0 Å². The first-order chi connectivity index (χ1) is 15.2. The Morgan fingerprint density at radius 1 is 0.774 bits per heavy atom. The Morgan fingerprint density at radius 3 is 2.10 bits per heavy atom. The maximum absolute atomic E-state index is 3.26. The van der Waals surface area contributed by atoms with Gasteiger partial charge < -0.3 is 5.32 Å². The number of aryl methyl sites for hydroxylation is 1. The third-order valence-corrected chi connectivity index (χ3v) is 7.53. The summed E-state index contributed by atoms with van der Waals surface area (Å²) in [6.07, 6.45) is 18.2. The molecule has 3 rings (SSSR count). The lowest BCUT2D eigenvalue weighted by Crippen LogP contribution is -2.13. The number of rotatable bonds is 12. The molecule has 0 unspecified atom stereocenters. The molecule has 0 radical (unpaired) electrons. The third-order valence-electron chi connectivity index (χ3n) is 7.53. The summed E-state index contributed by atoms with van der Waals surface area (Å²) in [7, 11) is 1.99. The van der Waals surface area contributed by atoms with Gasteiger partial charge in [-0.2, -0.15) is 0 Å². The van der Waals surface area contributed by atoms with E-state index in [0.717, 1.165) is 18.3 Å². The van der Waals surface area contributed by atoms with Gasteiger partial charge >= 0.3 is 0 Å². The highest BCUT2D eigenvalue weighted by Gasteiger charge is 2.22. The molecule has 1 fully saturated rings. The number of anilines is 1. The van der Waals surface area contributed by atoms with E-state index in [2.05, 4.69) is 61.6 Å². The molecule has 0 spiro atoms. The van der Waals surface area contributed by atoms with E-state index in [1.165, 1.54) is 99.4 Å². The lowest BCUT2D eigenvalue weighted by atomic mass is 9.77. The Kier molecular flexibility index (Phi) is 9.97. The van der Waals surface area contributed by atoms with Crippen molar-refractivity contribution in [3.63, 3.8) is 0 Å². The van der Waals surface area contributed by atoms with E-state index in [-0.39, 0.29) is 0 Å². The van der Waals surface area contributed by atoms with Gasteiger partial charge in [0.2, 0.25) is 0 Å². The molecule has 1 saturated carbocycles. The summed E-state index contributed by atoms with van der Waals surface area (Å²) in [6.45, 7) is 4.55. The number of hydrogen-bond donors (Lipinski definition) is 1. The van der Waals surface area contributed by atoms with E-state index in [1.807, 2.05) is 7.05 Å². The van der Waals surface area contributed by atoms with Crippen molar-refractivity contribution in [3.8, 4) is 11.1 Å². The van der Waals surface area contributed by atoms with Gasteiger partial charge in [-0.25, -0.2) is 0 Å². The second-order valence-electron chi connectivity index (χ2n) is 9.73. The van der Waals surface area contributed by atoms with E-state index in [9.17, 15) is 0 Å². The lowest BCUT2D eigenvalue weighted by Gasteiger charge is -2.29. The van der Waals surface area contributed by atoms with Crippen molar-refractivity contribution in [3.05, 3.63) is 53.6 Å². The standard InChI is InChI=1S/C30H45N/c1-4-6-7-8-9-10-11-12-24-13-15-26(16-14-24)27-17-19-28(20-18-27)30-22-21-29(31-3)23-25(30)5-2/h17-24,26,31H,4-16H2,1-3H3. The topological polar surface area (TPSA) is 12.0 Å². The zero-order chi connectivity index (χ0) is 21.9. The van der Waals surface area contributed by atoms with Crippen molar-refractivity contribution in [2.75, 3.05) is 12.4 Å². The Hall–Kier alpha value is -1.76.